The molecule has 3 nitrogen and oxygen atoms in total. The number of unbranched alkanes of at least 4 members (excludes halogenated alkanes) is 1. The molecule has 0 atom stereocenters. The summed E-state index contributed by atoms with van der Waals surface area (Å²) in [4.78, 5) is 21.9. The van der Waals surface area contributed by atoms with Crippen LogP contribution in [0.4, 0.5) is 0 Å². The maximum atomic E-state index is 11.4. The maximum Gasteiger partial charge on any atom is 0.231 e. The van der Waals surface area contributed by atoms with Crippen LogP contribution in [0.5, 0.6) is 0 Å². The third kappa shape index (κ3) is 2.28. The maximum absolute atomic E-state index is 11.4. The quantitative estimate of drug-likeness (QED) is 0.664. The van der Waals surface area contributed by atoms with Gasteiger partial charge >= 0.3 is 0 Å². The molecule has 0 aromatic carbocycles. The molecule has 0 amide bonds. The van der Waals surface area contributed by atoms with Crippen molar-refractivity contribution in [2.75, 3.05) is 0 Å². The highest BCUT2D eigenvalue weighted by Gasteiger charge is 2.06. The van der Waals surface area contributed by atoms with Gasteiger partial charge in [0.25, 0.3) is 0 Å². The Labute approximate surface area is 77.4 Å². The second-order valence-corrected chi connectivity index (χ2v) is 2.92. The third-order valence-corrected chi connectivity index (χ3v) is 1.91. The van der Waals surface area contributed by atoms with Gasteiger partial charge in [0, 0.05) is 12.6 Å². The van der Waals surface area contributed by atoms with Crippen molar-refractivity contribution in [2.45, 2.75) is 26.2 Å². The van der Waals surface area contributed by atoms with Crippen molar-refractivity contribution in [3.8, 4) is 0 Å². The second-order valence-electron chi connectivity index (χ2n) is 2.92. The number of hydrogen-bond acceptors (Lipinski definition) is 2. The van der Waals surface area contributed by atoms with Crippen LogP contribution in [0.25, 0.3) is 0 Å². The summed E-state index contributed by atoms with van der Waals surface area (Å²) in [7, 11) is 0. The molecular formula is C10H13NO2. The molecule has 0 N–H and O–H groups in total. The van der Waals surface area contributed by atoms with E-state index in [1.807, 2.05) is 6.92 Å². The van der Waals surface area contributed by atoms with E-state index in [0.717, 1.165) is 12.8 Å². The van der Waals surface area contributed by atoms with E-state index < -0.39 is 0 Å². The minimum Gasteiger partial charge on any atom is -0.296 e. The lowest BCUT2D eigenvalue weighted by Crippen LogP contribution is -2.11. The standard InChI is InChI=1S/C10H13NO2/c1-2-3-6-10(13)11-7-4-5-9(11)8-12/h4-5,7-8H,2-3,6H2,1H3. The molecule has 0 aliphatic rings. The molecule has 1 aromatic heterocycles. The van der Waals surface area contributed by atoms with Crippen LogP contribution in [0, 0.1) is 0 Å². The van der Waals surface area contributed by atoms with Crippen LogP contribution >= 0.6 is 0 Å². The molecular weight excluding hydrogens is 166 g/mol. The van der Waals surface area contributed by atoms with Gasteiger partial charge in [0.15, 0.2) is 6.29 Å². The van der Waals surface area contributed by atoms with Crippen molar-refractivity contribution in [1.29, 1.82) is 0 Å². The summed E-state index contributed by atoms with van der Waals surface area (Å²) < 4.78 is 1.41. The third-order valence-electron chi connectivity index (χ3n) is 1.91. The summed E-state index contributed by atoms with van der Waals surface area (Å²) in [6.45, 7) is 2.03. The first-order valence-electron chi connectivity index (χ1n) is 4.45. The van der Waals surface area contributed by atoms with Crippen molar-refractivity contribution in [3.63, 3.8) is 0 Å². The minimum atomic E-state index is -0.00560. The number of carbonyl (C=O) groups is 2. The first kappa shape index (κ1) is 9.71. The normalized spacial score (nSPS) is 9.92. The number of hydrogen-bond donors (Lipinski definition) is 0. The van der Waals surface area contributed by atoms with Crippen molar-refractivity contribution >= 4 is 12.2 Å². The average molecular weight is 179 g/mol. The molecule has 1 rings (SSSR count). The van der Waals surface area contributed by atoms with E-state index in [9.17, 15) is 9.59 Å². The van der Waals surface area contributed by atoms with Crippen LogP contribution in [0.15, 0.2) is 18.3 Å². The van der Waals surface area contributed by atoms with Crippen LogP contribution in [0.2, 0.25) is 0 Å². The summed E-state index contributed by atoms with van der Waals surface area (Å²) in [5, 5.41) is 0. The molecule has 0 fully saturated rings. The van der Waals surface area contributed by atoms with Gasteiger partial charge in [-0.1, -0.05) is 13.3 Å². The van der Waals surface area contributed by atoms with Crippen LogP contribution < -0.4 is 0 Å². The number of nitrogens with zero attached hydrogens (tertiary/aromatic N) is 1. The molecule has 0 saturated carbocycles. The molecule has 1 heterocycles. The summed E-state index contributed by atoms with van der Waals surface area (Å²) in [5.41, 5.74) is 0.432. The molecule has 0 spiro atoms. The Morgan fingerprint density at radius 2 is 2.38 bits per heavy atom. The molecule has 70 valence electrons. The van der Waals surface area contributed by atoms with Gasteiger partial charge in [-0.15, -0.1) is 0 Å². The fourth-order valence-corrected chi connectivity index (χ4v) is 1.17. The van der Waals surface area contributed by atoms with Gasteiger partial charge in [0.1, 0.15) is 0 Å². The van der Waals surface area contributed by atoms with E-state index in [2.05, 4.69) is 0 Å². The number of rotatable bonds is 4. The van der Waals surface area contributed by atoms with Crippen molar-refractivity contribution in [3.05, 3.63) is 24.0 Å². The van der Waals surface area contributed by atoms with E-state index in [4.69, 9.17) is 0 Å². The van der Waals surface area contributed by atoms with Crippen molar-refractivity contribution in [2.24, 2.45) is 0 Å². The first-order chi connectivity index (χ1) is 6.29. The average Bonchev–Trinajstić information content (AvgIpc) is 2.61. The van der Waals surface area contributed by atoms with Gasteiger partial charge in [-0.05, 0) is 18.6 Å². The fourth-order valence-electron chi connectivity index (χ4n) is 1.17. The highest BCUT2D eigenvalue weighted by molar-refractivity contribution is 5.86. The summed E-state index contributed by atoms with van der Waals surface area (Å²) in [5.74, 6) is -0.00560. The predicted octanol–water partition coefficient (Wildman–Crippen LogP) is 2.13. The Morgan fingerprint density at radius 1 is 1.62 bits per heavy atom. The Kier molecular flexibility index (Phi) is 3.43. The molecule has 0 unspecified atom stereocenters. The number of aldehydes is 1. The van der Waals surface area contributed by atoms with Crippen LogP contribution in [-0.4, -0.2) is 16.8 Å². The zero-order valence-electron chi connectivity index (χ0n) is 7.69. The minimum absolute atomic E-state index is 0.00560. The van der Waals surface area contributed by atoms with E-state index in [-0.39, 0.29) is 5.91 Å². The zero-order valence-corrected chi connectivity index (χ0v) is 7.69. The molecule has 0 aliphatic heterocycles. The van der Waals surface area contributed by atoms with Crippen LogP contribution in [-0.2, 0) is 0 Å². The smallest absolute Gasteiger partial charge is 0.231 e. The lowest BCUT2D eigenvalue weighted by atomic mass is 10.2. The molecule has 0 radical (unpaired) electrons. The van der Waals surface area contributed by atoms with Gasteiger partial charge in [0.05, 0.1) is 5.69 Å². The number of carbonyl (C=O) groups excluding carboxylic acids is 2. The van der Waals surface area contributed by atoms with Gasteiger partial charge in [-0.25, -0.2) is 0 Å². The summed E-state index contributed by atoms with van der Waals surface area (Å²) in [6.07, 6.45) is 4.69. The Hall–Kier alpha value is -1.38. The van der Waals surface area contributed by atoms with E-state index in [1.165, 1.54) is 4.57 Å². The summed E-state index contributed by atoms with van der Waals surface area (Å²) in [6, 6.07) is 3.34. The van der Waals surface area contributed by atoms with Gasteiger partial charge in [-0.2, -0.15) is 0 Å². The topological polar surface area (TPSA) is 39.1 Å². The fraction of sp³-hybridized carbons (Fsp3) is 0.400. The molecule has 13 heavy (non-hydrogen) atoms. The lowest BCUT2D eigenvalue weighted by Gasteiger charge is -2.02. The van der Waals surface area contributed by atoms with Crippen LogP contribution in [0.1, 0.15) is 41.5 Å². The Balaban J connectivity index is 2.70. The molecule has 0 saturated heterocycles. The van der Waals surface area contributed by atoms with E-state index in [0.29, 0.717) is 18.4 Å². The number of aromatic nitrogens is 1. The Bertz CT molecular complexity index is 302. The van der Waals surface area contributed by atoms with E-state index >= 15 is 0 Å². The SMILES string of the molecule is CCCCC(=O)n1cccc1C=O. The lowest BCUT2D eigenvalue weighted by molar-refractivity contribution is 0.0889. The van der Waals surface area contributed by atoms with Crippen molar-refractivity contribution < 1.29 is 9.59 Å². The largest absolute Gasteiger partial charge is 0.296 e. The zero-order chi connectivity index (χ0) is 9.68. The molecule has 0 bridgehead atoms. The second kappa shape index (κ2) is 4.60. The highest BCUT2D eigenvalue weighted by Crippen LogP contribution is 2.03. The van der Waals surface area contributed by atoms with Gasteiger partial charge in [0.2, 0.25) is 5.91 Å². The Morgan fingerprint density at radius 3 is 3.00 bits per heavy atom. The highest BCUT2D eigenvalue weighted by atomic mass is 16.2. The van der Waals surface area contributed by atoms with Gasteiger partial charge < -0.3 is 0 Å². The summed E-state index contributed by atoms with van der Waals surface area (Å²) >= 11 is 0. The predicted molar refractivity (Wildman–Crippen MR) is 50.0 cm³/mol. The molecule has 0 aliphatic carbocycles. The van der Waals surface area contributed by atoms with Crippen LogP contribution in [0.3, 0.4) is 0 Å². The molecule has 3 heteroatoms. The van der Waals surface area contributed by atoms with E-state index in [1.54, 1.807) is 18.3 Å². The molecule has 1 aromatic rings. The first-order valence-corrected chi connectivity index (χ1v) is 4.45. The monoisotopic (exact) mass is 179 g/mol. The van der Waals surface area contributed by atoms with Gasteiger partial charge in [-0.3, -0.25) is 14.2 Å². The van der Waals surface area contributed by atoms with Crippen molar-refractivity contribution in [1.82, 2.24) is 4.57 Å².